The van der Waals surface area contributed by atoms with Crippen molar-refractivity contribution in [1.82, 2.24) is 0 Å². The van der Waals surface area contributed by atoms with Gasteiger partial charge in [-0.25, -0.2) is 0 Å². The molecule has 0 aromatic carbocycles. The fourth-order valence-electron chi connectivity index (χ4n) is 2.46. The van der Waals surface area contributed by atoms with Gasteiger partial charge in [0.1, 0.15) is 0 Å². The number of nitrogens with two attached hydrogens (primary N) is 1. The van der Waals surface area contributed by atoms with Crippen molar-refractivity contribution in [2.75, 3.05) is 0 Å². The van der Waals surface area contributed by atoms with Gasteiger partial charge in [-0.1, -0.05) is 40.0 Å². The predicted octanol–water partition coefficient (Wildman–Crippen LogP) is 3.33. The van der Waals surface area contributed by atoms with Crippen LogP contribution in [0.25, 0.3) is 0 Å². The average molecular weight is 183 g/mol. The summed E-state index contributed by atoms with van der Waals surface area (Å²) in [7, 11) is 0. The monoisotopic (exact) mass is 183 g/mol. The van der Waals surface area contributed by atoms with E-state index in [0.29, 0.717) is 5.92 Å². The Kier molecular flexibility index (Phi) is 3.78. The van der Waals surface area contributed by atoms with Crippen molar-refractivity contribution in [3.63, 3.8) is 0 Å². The lowest BCUT2D eigenvalue weighted by Crippen LogP contribution is -2.45. The molecule has 0 bridgehead atoms. The van der Waals surface area contributed by atoms with Crippen molar-refractivity contribution >= 4 is 0 Å². The lowest BCUT2D eigenvalue weighted by molar-refractivity contribution is 0.246. The Morgan fingerprint density at radius 3 is 2.69 bits per heavy atom. The zero-order chi connectivity index (χ0) is 9.90. The summed E-state index contributed by atoms with van der Waals surface area (Å²) in [6, 6.07) is 0. The highest BCUT2D eigenvalue weighted by Crippen LogP contribution is 2.34. The van der Waals surface area contributed by atoms with Gasteiger partial charge in [0.25, 0.3) is 0 Å². The van der Waals surface area contributed by atoms with E-state index in [9.17, 15) is 0 Å². The predicted molar refractivity (Wildman–Crippen MR) is 58.6 cm³/mol. The summed E-state index contributed by atoms with van der Waals surface area (Å²) in [6.07, 6.45) is 7.76. The van der Waals surface area contributed by atoms with E-state index in [2.05, 4.69) is 20.8 Å². The first kappa shape index (κ1) is 11.0. The van der Waals surface area contributed by atoms with Crippen molar-refractivity contribution in [3.05, 3.63) is 0 Å². The summed E-state index contributed by atoms with van der Waals surface area (Å²) in [6.45, 7) is 6.94. The van der Waals surface area contributed by atoms with Gasteiger partial charge in [-0.05, 0) is 31.1 Å². The third-order valence-corrected chi connectivity index (χ3v) is 4.04. The Morgan fingerprint density at radius 1 is 1.38 bits per heavy atom. The molecule has 1 rings (SSSR count). The van der Waals surface area contributed by atoms with Gasteiger partial charge >= 0.3 is 0 Å². The van der Waals surface area contributed by atoms with Gasteiger partial charge in [0.15, 0.2) is 0 Å². The summed E-state index contributed by atoms with van der Waals surface area (Å²) in [5.74, 6) is 1.59. The SMILES string of the molecule is CCC(C)C1(N)CCCC(C)CC1. The molecule has 13 heavy (non-hydrogen) atoms. The zero-order valence-electron chi connectivity index (χ0n) is 9.47. The topological polar surface area (TPSA) is 26.0 Å². The molecule has 1 fully saturated rings. The fourth-order valence-corrected chi connectivity index (χ4v) is 2.46. The van der Waals surface area contributed by atoms with Crippen molar-refractivity contribution in [1.29, 1.82) is 0 Å². The van der Waals surface area contributed by atoms with Crippen LogP contribution in [0.3, 0.4) is 0 Å². The smallest absolute Gasteiger partial charge is 0.0180 e. The van der Waals surface area contributed by atoms with Crippen LogP contribution in [0.1, 0.15) is 59.3 Å². The Bertz CT molecular complexity index is 155. The van der Waals surface area contributed by atoms with Crippen LogP contribution in [-0.2, 0) is 0 Å². The molecule has 0 saturated heterocycles. The summed E-state index contributed by atoms with van der Waals surface area (Å²) in [4.78, 5) is 0. The first-order chi connectivity index (χ1) is 6.08. The molecule has 0 aromatic rings. The summed E-state index contributed by atoms with van der Waals surface area (Å²) >= 11 is 0. The van der Waals surface area contributed by atoms with Crippen LogP contribution in [0, 0.1) is 11.8 Å². The minimum atomic E-state index is 0.152. The normalized spacial score (nSPS) is 38.3. The highest BCUT2D eigenvalue weighted by Gasteiger charge is 2.32. The Morgan fingerprint density at radius 2 is 2.08 bits per heavy atom. The van der Waals surface area contributed by atoms with E-state index in [1.54, 1.807) is 0 Å². The minimum absolute atomic E-state index is 0.152. The quantitative estimate of drug-likeness (QED) is 0.653. The summed E-state index contributed by atoms with van der Waals surface area (Å²) in [5, 5.41) is 0. The molecular formula is C12H25N. The third kappa shape index (κ3) is 2.70. The number of hydrogen-bond donors (Lipinski definition) is 1. The molecule has 1 heteroatoms. The van der Waals surface area contributed by atoms with Crippen LogP contribution in [0.4, 0.5) is 0 Å². The van der Waals surface area contributed by atoms with Crippen LogP contribution in [0.2, 0.25) is 0 Å². The molecule has 3 atom stereocenters. The lowest BCUT2D eigenvalue weighted by atomic mass is 9.78. The van der Waals surface area contributed by atoms with Gasteiger partial charge in [-0.3, -0.25) is 0 Å². The van der Waals surface area contributed by atoms with Gasteiger partial charge < -0.3 is 5.73 Å². The van der Waals surface area contributed by atoms with Crippen molar-refractivity contribution in [2.45, 2.75) is 64.8 Å². The molecule has 1 nitrogen and oxygen atoms in total. The molecule has 1 aliphatic carbocycles. The maximum Gasteiger partial charge on any atom is 0.0180 e. The van der Waals surface area contributed by atoms with Crippen LogP contribution < -0.4 is 5.73 Å². The average Bonchev–Trinajstić information content (AvgIpc) is 2.28. The maximum absolute atomic E-state index is 6.48. The van der Waals surface area contributed by atoms with E-state index < -0.39 is 0 Å². The Balaban J connectivity index is 2.56. The molecule has 0 spiro atoms. The summed E-state index contributed by atoms with van der Waals surface area (Å²) < 4.78 is 0. The van der Waals surface area contributed by atoms with Crippen LogP contribution >= 0.6 is 0 Å². The van der Waals surface area contributed by atoms with Crippen LogP contribution in [-0.4, -0.2) is 5.54 Å². The second-order valence-corrected chi connectivity index (χ2v) is 5.08. The molecule has 0 heterocycles. The zero-order valence-corrected chi connectivity index (χ0v) is 9.47. The molecule has 0 radical (unpaired) electrons. The number of rotatable bonds is 2. The first-order valence-electron chi connectivity index (χ1n) is 5.87. The van der Waals surface area contributed by atoms with Gasteiger partial charge in [0.05, 0.1) is 0 Å². The van der Waals surface area contributed by atoms with Gasteiger partial charge in [0.2, 0.25) is 0 Å². The van der Waals surface area contributed by atoms with Gasteiger partial charge in [-0.15, -0.1) is 0 Å². The second kappa shape index (κ2) is 4.45. The maximum atomic E-state index is 6.48. The lowest BCUT2D eigenvalue weighted by Gasteiger charge is -2.34. The minimum Gasteiger partial charge on any atom is -0.325 e. The molecule has 0 aromatic heterocycles. The van der Waals surface area contributed by atoms with E-state index in [-0.39, 0.29) is 5.54 Å². The van der Waals surface area contributed by atoms with Crippen LogP contribution in [0.5, 0.6) is 0 Å². The molecule has 1 saturated carbocycles. The van der Waals surface area contributed by atoms with E-state index >= 15 is 0 Å². The van der Waals surface area contributed by atoms with Gasteiger partial charge in [0, 0.05) is 5.54 Å². The molecule has 78 valence electrons. The van der Waals surface area contributed by atoms with Crippen molar-refractivity contribution in [3.8, 4) is 0 Å². The largest absolute Gasteiger partial charge is 0.325 e. The summed E-state index contributed by atoms with van der Waals surface area (Å²) in [5.41, 5.74) is 6.63. The van der Waals surface area contributed by atoms with E-state index in [4.69, 9.17) is 5.73 Å². The molecule has 2 N–H and O–H groups in total. The van der Waals surface area contributed by atoms with Gasteiger partial charge in [-0.2, -0.15) is 0 Å². The first-order valence-corrected chi connectivity index (χ1v) is 5.87. The molecule has 1 aliphatic rings. The van der Waals surface area contributed by atoms with Crippen molar-refractivity contribution < 1.29 is 0 Å². The highest BCUT2D eigenvalue weighted by molar-refractivity contribution is 4.90. The van der Waals surface area contributed by atoms with E-state index in [1.165, 1.54) is 38.5 Å². The standard InChI is InChI=1S/C12H25N/c1-4-11(3)12(13)8-5-6-10(2)7-9-12/h10-11H,4-9,13H2,1-3H3. The molecular weight excluding hydrogens is 158 g/mol. The van der Waals surface area contributed by atoms with Crippen molar-refractivity contribution in [2.24, 2.45) is 17.6 Å². The highest BCUT2D eigenvalue weighted by atomic mass is 14.8. The van der Waals surface area contributed by atoms with Crippen LogP contribution in [0.15, 0.2) is 0 Å². The third-order valence-electron chi connectivity index (χ3n) is 4.04. The molecule has 0 aliphatic heterocycles. The van der Waals surface area contributed by atoms with E-state index in [1.807, 2.05) is 0 Å². The Labute approximate surface area is 83.1 Å². The van der Waals surface area contributed by atoms with E-state index in [0.717, 1.165) is 5.92 Å². The Hall–Kier alpha value is -0.0400. The molecule has 3 unspecified atom stereocenters. The molecule has 0 amide bonds. The fraction of sp³-hybridized carbons (Fsp3) is 1.00. The number of hydrogen-bond acceptors (Lipinski definition) is 1. The second-order valence-electron chi connectivity index (χ2n) is 5.08.